The summed E-state index contributed by atoms with van der Waals surface area (Å²) in [6, 6.07) is 16.7. The van der Waals surface area contributed by atoms with Gasteiger partial charge in [-0.3, -0.25) is 9.59 Å². The number of nitrogens with zero attached hydrogens (tertiary/aromatic N) is 1. The number of anilines is 1. The molecule has 160 valence electrons. The Balaban J connectivity index is 1.72. The van der Waals surface area contributed by atoms with Crippen molar-refractivity contribution in [3.63, 3.8) is 0 Å². The van der Waals surface area contributed by atoms with Crippen LogP contribution in [-0.4, -0.2) is 36.3 Å². The highest BCUT2D eigenvalue weighted by molar-refractivity contribution is 5.90. The van der Waals surface area contributed by atoms with Gasteiger partial charge in [-0.05, 0) is 30.2 Å². The molecular weight excluding hydrogens is 380 g/mol. The van der Waals surface area contributed by atoms with Gasteiger partial charge in [-0.1, -0.05) is 49.4 Å². The van der Waals surface area contributed by atoms with Gasteiger partial charge < -0.3 is 20.9 Å². The van der Waals surface area contributed by atoms with E-state index in [0.29, 0.717) is 13.0 Å². The molecular formula is C23H30N4O3. The molecule has 0 aliphatic rings. The second-order valence-electron chi connectivity index (χ2n) is 7.14. The minimum Gasteiger partial charge on any atom is -0.350 e. The lowest BCUT2D eigenvalue weighted by atomic mass is 10.1. The number of urea groups is 1. The fourth-order valence-corrected chi connectivity index (χ4v) is 2.85. The van der Waals surface area contributed by atoms with Crippen LogP contribution in [0.3, 0.4) is 0 Å². The largest absolute Gasteiger partial charge is 0.350 e. The molecule has 3 N–H and O–H groups in total. The van der Waals surface area contributed by atoms with Crippen LogP contribution in [0.1, 0.15) is 43.9 Å². The lowest BCUT2D eigenvalue weighted by Gasteiger charge is -2.18. The first-order chi connectivity index (χ1) is 14.4. The average molecular weight is 411 g/mol. The molecule has 0 heterocycles. The normalized spacial score (nSPS) is 11.3. The van der Waals surface area contributed by atoms with Crippen LogP contribution in [0.2, 0.25) is 0 Å². The second kappa shape index (κ2) is 11.6. The van der Waals surface area contributed by atoms with E-state index >= 15 is 0 Å². The van der Waals surface area contributed by atoms with Gasteiger partial charge >= 0.3 is 6.03 Å². The van der Waals surface area contributed by atoms with Crippen molar-refractivity contribution in [2.24, 2.45) is 0 Å². The Labute approximate surface area is 177 Å². The molecule has 2 aromatic carbocycles. The number of carbonyl (C=O) groups excluding carboxylic acids is 3. The fourth-order valence-electron chi connectivity index (χ4n) is 2.85. The van der Waals surface area contributed by atoms with Gasteiger partial charge in [-0.2, -0.15) is 0 Å². The second-order valence-corrected chi connectivity index (χ2v) is 7.14. The number of benzene rings is 2. The number of amides is 4. The molecule has 2 rings (SSSR count). The van der Waals surface area contributed by atoms with Gasteiger partial charge in [-0.25, -0.2) is 4.79 Å². The van der Waals surface area contributed by atoms with Crippen molar-refractivity contribution >= 4 is 23.5 Å². The van der Waals surface area contributed by atoms with Crippen molar-refractivity contribution in [1.82, 2.24) is 15.5 Å². The van der Waals surface area contributed by atoms with Gasteiger partial charge in [0.2, 0.25) is 11.8 Å². The van der Waals surface area contributed by atoms with Crippen molar-refractivity contribution in [2.75, 3.05) is 18.9 Å². The van der Waals surface area contributed by atoms with E-state index in [0.717, 1.165) is 16.8 Å². The van der Waals surface area contributed by atoms with Crippen LogP contribution in [0.25, 0.3) is 0 Å². The van der Waals surface area contributed by atoms with Crippen LogP contribution in [0.15, 0.2) is 54.6 Å². The van der Waals surface area contributed by atoms with Crippen LogP contribution in [0.5, 0.6) is 0 Å². The molecule has 0 spiro atoms. The van der Waals surface area contributed by atoms with Crippen molar-refractivity contribution in [2.45, 2.75) is 39.3 Å². The highest BCUT2D eigenvalue weighted by Crippen LogP contribution is 2.16. The summed E-state index contributed by atoms with van der Waals surface area (Å²) in [6.45, 7) is 4.46. The summed E-state index contributed by atoms with van der Waals surface area (Å²) >= 11 is 0. The SMILES string of the molecule is CCC(=O)Nc1ccc(C(C)NC(=O)CCNC(=O)N(C)Cc2ccccc2)cc1. The fraction of sp³-hybridized carbons (Fsp3) is 0.348. The minimum atomic E-state index is -0.218. The Morgan fingerprint density at radius 1 is 0.967 bits per heavy atom. The van der Waals surface area contributed by atoms with E-state index in [1.54, 1.807) is 18.9 Å². The predicted molar refractivity (Wildman–Crippen MR) is 118 cm³/mol. The molecule has 0 aromatic heterocycles. The van der Waals surface area contributed by atoms with Crippen LogP contribution in [-0.2, 0) is 16.1 Å². The molecule has 0 saturated heterocycles. The van der Waals surface area contributed by atoms with Crippen molar-refractivity contribution in [3.8, 4) is 0 Å². The van der Waals surface area contributed by atoms with Crippen molar-refractivity contribution < 1.29 is 14.4 Å². The minimum absolute atomic E-state index is 0.0411. The highest BCUT2D eigenvalue weighted by Gasteiger charge is 2.12. The molecule has 0 radical (unpaired) electrons. The summed E-state index contributed by atoms with van der Waals surface area (Å²) in [6.07, 6.45) is 0.618. The smallest absolute Gasteiger partial charge is 0.317 e. The zero-order chi connectivity index (χ0) is 21.9. The third-order valence-electron chi connectivity index (χ3n) is 4.63. The van der Waals surface area contributed by atoms with Gasteiger partial charge in [0.1, 0.15) is 0 Å². The first kappa shape index (κ1) is 22.9. The van der Waals surface area contributed by atoms with E-state index in [9.17, 15) is 14.4 Å². The van der Waals surface area contributed by atoms with E-state index in [1.807, 2.05) is 61.5 Å². The Kier molecular flexibility index (Phi) is 8.87. The van der Waals surface area contributed by atoms with E-state index in [-0.39, 0.29) is 36.9 Å². The summed E-state index contributed by atoms with van der Waals surface area (Å²) in [5.74, 6) is -0.183. The molecule has 2 aromatic rings. The van der Waals surface area contributed by atoms with Crippen LogP contribution in [0.4, 0.5) is 10.5 Å². The Morgan fingerprint density at radius 2 is 1.63 bits per heavy atom. The number of nitrogens with one attached hydrogen (secondary N) is 3. The Morgan fingerprint density at radius 3 is 2.27 bits per heavy atom. The van der Waals surface area contributed by atoms with Gasteiger partial charge in [0.05, 0.1) is 6.04 Å². The molecule has 1 unspecified atom stereocenters. The molecule has 0 aliphatic carbocycles. The summed E-state index contributed by atoms with van der Waals surface area (Å²) in [4.78, 5) is 37.3. The molecule has 30 heavy (non-hydrogen) atoms. The van der Waals surface area contributed by atoms with Gasteiger partial charge in [0.15, 0.2) is 0 Å². The zero-order valence-electron chi connectivity index (χ0n) is 17.8. The van der Waals surface area contributed by atoms with Crippen LogP contribution in [0, 0.1) is 0 Å². The maximum absolute atomic E-state index is 12.2. The number of carbonyl (C=O) groups is 3. The first-order valence-electron chi connectivity index (χ1n) is 10.1. The van der Waals surface area contributed by atoms with E-state index in [1.165, 1.54) is 0 Å². The third kappa shape index (κ3) is 7.58. The van der Waals surface area contributed by atoms with Crippen LogP contribution < -0.4 is 16.0 Å². The van der Waals surface area contributed by atoms with Crippen LogP contribution >= 0.6 is 0 Å². The lowest BCUT2D eigenvalue weighted by molar-refractivity contribution is -0.121. The number of hydrogen-bond donors (Lipinski definition) is 3. The Bertz CT molecular complexity index is 837. The molecule has 1 atom stereocenters. The zero-order valence-corrected chi connectivity index (χ0v) is 17.8. The summed E-state index contributed by atoms with van der Waals surface area (Å²) < 4.78 is 0. The monoisotopic (exact) mass is 410 g/mol. The van der Waals surface area contributed by atoms with Gasteiger partial charge in [0, 0.05) is 38.7 Å². The maximum Gasteiger partial charge on any atom is 0.317 e. The third-order valence-corrected chi connectivity index (χ3v) is 4.63. The quantitative estimate of drug-likeness (QED) is 0.591. The standard InChI is InChI=1S/C23H30N4O3/c1-4-21(28)26-20-12-10-19(11-13-20)17(2)25-22(29)14-15-24-23(30)27(3)16-18-8-6-5-7-9-18/h5-13,17H,4,14-16H2,1-3H3,(H,24,30)(H,25,29)(H,26,28). The molecule has 7 nitrogen and oxygen atoms in total. The summed E-state index contributed by atoms with van der Waals surface area (Å²) in [5.41, 5.74) is 2.71. The van der Waals surface area contributed by atoms with Crippen molar-refractivity contribution in [3.05, 3.63) is 65.7 Å². The maximum atomic E-state index is 12.2. The van der Waals surface area contributed by atoms with E-state index in [4.69, 9.17) is 0 Å². The number of rotatable bonds is 9. The summed E-state index contributed by atoms with van der Waals surface area (Å²) in [7, 11) is 1.72. The topological polar surface area (TPSA) is 90.5 Å². The Hall–Kier alpha value is -3.35. The molecule has 7 heteroatoms. The lowest BCUT2D eigenvalue weighted by Crippen LogP contribution is -2.39. The predicted octanol–water partition coefficient (Wildman–Crippen LogP) is 3.44. The first-order valence-corrected chi connectivity index (χ1v) is 10.1. The van der Waals surface area contributed by atoms with Gasteiger partial charge in [-0.15, -0.1) is 0 Å². The molecule has 0 aliphatic heterocycles. The number of hydrogen-bond acceptors (Lipinski definition) is 3. The molecule has 0 fully saturated rings. The van der Waals surface area contributed by atoms with E-state index in [2.05, 4.69) is 16.0 Å². The molecule has 0 bridgehead atoms. The average Bonchev–Trinajstić information content (AvgIpc) is 2.74. The molecule has 4 amide bonds. The van der Waals surface area contributed by atoms with Crippen molar-refractivity contribution in [1.29, 1.82) is 0 Å². The molecule has 0 saturated carbocycles. The van der Waals surface area contributed by atoms with E-state index < -0.39 is 0 Å². The highest BCUT2D eigenvalue weighted by atomic mass is 16.2. The summed E-state index contributed by atoms with van der Waals surface area (Å²) in [5, 5.41) is 8.47. The van der Waals surface area contributed by atoms with Gasteiger partial charge in [0.25, 0.3) is 0 Å².